The van der Waals surface area contributed by atoms with E-state index in [2.05, 4.69) is 0 Å². The van der Waals surface area contributed by atoms with E-state index in [4.69, 9.17) is 4.74 Å². The second kappa shape index (κ2) is 4.64. The smallest absolute Gasteiger partial charge is 0.275 e. The number of carbonyl (C=O) groups excluding carboxylic acids is 1. The molecule has 0 aliphatic carbocycles. The molecule has 1 aliphatic rings. The lowest BCUT2D eigenvalue weighted by Gasteiger charge is -2.14. The Bertz CT molecular complexity index is 712. The van der Waals surface area contributed by atoms with Crippen molar-refractivity contribution < 1.29 is 18.8 Å². The van der Waals surface area contributed by atoms with E-state index in [0.717, 1.165) is 4.31 Å². The SMILES string of the molecule is COc1ccc(N2C(=O)c3c(O)cccc3S2=O)cc1. The molecule has 20 heavy (non-hydrogen) atoms. The Morgan fingerprint density at radius 1 is 1.15 bits per heavy atom. The maximum atomic E-state index is 12.4. The first kappa shape index (κ1) is 12.7. The summed E-state index contributed by atoms with van der Waals surface area (Å²) in [4.78, 5) is 12.6. The van der Waals surface area contributed by atoms with Crippen LogP contribution in [-0.2, 0) is 11.0 Å². The number of ether oxygens (including phenoxy) is 1. The fraction of sp³-hybridized carbons (Fsp3) is 0.0714. The van der Waals surface area contributed by atoms with E-state index in [-0.39, 0.29) is 11.3 Å². The van der Waals surface area contributed by atoms with E-state index in [1.54, 1.807) is 43.5 Å². The minimum Gasteiger partial charge on any atom is -0.507 e. The summed E-state index contributed by atoms with van der Waals surface area (Å²) in [5.74, 6) is 0.0185. The van der Waals surface area contributed by atoms with Gasteiger partial charge in [0.1, 0.15) is 17.1 Å². The zero-order valence-electron chi connectivity index (χ0n) is 10.6. The zero-order chi connectivity index (χ0) is 14.3. The molecule has 0 bridgehead atoms. The number of aromatic hydroxyl groups is 1. The monoisotopic (exact) mass is 289 g/mol. The molecule has 3 rings (SSSR count). The number of hydrogen-bond acceptors (Lipinski definition) is 4. The van der Waals surface area contributed by atoms with Crippen LogP contribution >= 0.6 is 0 Å². The maximum Gasteiger partial charge on any atom is 0.275 e. The van der Waals surface area contributed by atoms with Crippen LogP contribution < -0.4 is 9.04 Å². The summed E-state index contributed by atoms with van der Waals surface area (Å²) >= 11 is 0. The average molecular weight is 289 g/mol. The highest BCUT2D eigenvalue weighted by atomic mass is 32.2. The average Bonchev–Trinajstić information content (AvgIpc) is 2.72. The van der Waals surface area contributed by atoms with Crippen molar-refractivity contribution in [1.82, 2.24) is 0 Å². The summed E-state index contributed by atoms with van der Waals surface area (Å²) in [5, 5.41) is 9.76. The molecule has 0 saturated heterocycles. The summed E-state index contributed by atoms with van der Waals surface area (Å²) in [6.07, 6.45) is 0. The molecule has 0 spiro atoms. The van der Waals surface area contributed by atoms with Gasteiger partial charge in [0.15, 0.2) is 11.0 Å². The minimum absolute atomic E-state index is 0.0988. The molecule has 1 N–H and O–H groups in total. The van der Waals surface area contributed by atoms with Gasteiger partial charge in [0.25, 0.3) is 5.91 Å². The number of phenolic OH excluding ortho intramolecular Hbond substituents is 1. The number of anilines is 1. The van der Waals surface area contributed by atoms with Crippen molar-refractivity contribution in [2.45, 2.75) is 4.90 Å². The normalized spacial score (nSPS) is 17.1. The maximum absolute atomic E-state index is 12.4. The van der Waals surface area contributed by atoms with E-state index >= 15 is 0 Å². The van der Waals surface area contributed by atoms with Crippen molar-refractivity contribution >= 4 is 22.6 Å². The highest BCUT2D eigenvalue weighted by Crippen LogP contribution is 2.36. The van der Waals surface area contributed by atoms with E-state index in [1.165, 1.54) is 6.07 Å². The van der Waals surface area contributed by atoms with Gasteiger partial charge < -0.3 is 9.84 Å². The van der Waals surface area contributed by atoms with Gasteiger partial charge in [-0.3, -0.25) is 4.79 Å². The molecule has 102 valence electrons. The zero-order valence-corrected chi connectivity index (χ0v) is 11.4. The summed E-state index contributed by atoms with van der Waals surface area (Å²) in [5.41, 5.74) is 0.589. The van der Waals surface area contributed by atoms with Gasteiger partial charge in [0, 0.05) is 0 Å². The fourth-order valence-electron chi connectivity index (χ4n) is 2.09. The highest BCUT2D eigenvalue weighted by molar-refractivity contribution is 7.88. The van der Waals surface area contributed by atoms with Crippen LogP contribution in [0.15, 0.2) is 47.4 Å². The second-order valence-electron chi connectivity index (χ2n) is 4.20. The molecule has 2 aromatic rings. The van der Waals surface area contributed by atoms with Crippen molar-refractivity contribution in [1.29, 1.82) is 0 Å². The molecular formula is C14H11NO4S. The summed E-state index contributed by atoms with van der Waals surface area (Å²) in [6.45, 7) is 0. The van der Waals surface area contributed by atoms with Crippen LogP contribution in [0.3, 0.4) is 0 Å². The van der Waals surface area contributed by atoms with Crippen molar-refractivity contribution in [3.63, 3.8) is 0 Å². The first-order valence-electron chi connectivity index (χ1n) is 5.86. The summed E-state index contributed by atoms with van der Waals surface area (Å²) < 4.78 is 18.6. The third-order valence-corrected chi connectivity index (χ3v) is 4.49. The first-order valence-corrected chi connectivity index (χ1v) is 6.96. The summed E-state index contributed by atoms with van der Waals surface area (Å²) in [7, 11) is -0.109. The molecule has 1 amide bonds. The van der Waals surface area contributed by atoms with Crippen molar-refractivity contribution in [3.8, 4) is 11.5 Å². The number of nitrogens with zero attached hydrogens (tertiary/aromatic N) is 1. The van der Waals surface area contributed by atoms with Gasteiger partial charge in [-0.1, -0.05) is 6.07 Å². The van der Waals surface area contributed by atoms with Crippen LogP contribution in [-0.4, -0.2) is 22.3 Å². The number of fused-ring (bicyclic) bond motifs is 1. The topological polar surface area (TPSA) is 66.8 Å². The molecule has 0 saturated carbocycles. The molecule has 1 unspecified atom stereocenters. The van der Waals surface area contributed by atoms with Gasteiger partial charge >= 0.3 is 0 Å². The number of amides is 1. The van der Waals surface area contributed by atoms with Gasteiger partial charge in [-0.15, -0.1) is 0 Å². The minimum atomic E-state index is -1.65. The lowest BCUT2D eigenvalue weighted by atomic mass is 10.2. The molecular weight excluding hydrogens is 278 g/mol. The quantitative estimate of drug-likeness (QED) is 0.919. The van der Waals surface area contributed by atoms with Crippen LogP contribution in [0.2, 0.25) is 0 Å². The molecule has 0 radical (unpaired) electrons. The number of carbonyl (C=O) groups is 1. The van der Waals surface area contributed by atoms with Crippen LogP contribution in [0.4, 0.5) is 5.69 Å². The molecule has 6 heteroatoms. The van der Waals surface area contributed by atoms with E-state index in [9.17, 15) is 14.1 Å². The van der Waals surface area contributed by atoms with Crippen LogP contribution in [0.1, 0.15) is 10.4 Å². The molecule has 0 aromatic heterocycles. The lowest BCUT2D eigenvalue weighted by Crippen LogP contribution is -2.25. The Hall–Kier alpha value is -2.34. The van der Waals surface area contributed by atoms with Gasteiger partial charge in [-0.2, -0.15) is 0 Å². The number of benzene rings is 2. The van der Waals surface area contributed by atoms with Gasteiger partial charge in [-0.25, -0.2) is 8.51 Å². The second-order valence-corrected chi connectivity index (χ2v) is 5.50. The van der Waals surface area contributed by atoms with Crippen LogP contribution in [0.5, 0.6) is 11.5 Å². The van der Waals surface area contributed by atoms with E-state index < -0.39 is 16.9 Å². The molecule has 2 aromatic carbocycles. The lowest BCUT2D eigenvalue weighted by molar-refractivity contribution is 0.101. The predicted molar refractivity (Wildman–Crippen MR) is 74.3 cm³/mol. The molecule has 1 atom stereocenters. The van der Waals surface area contributed by atoms with Gasteiger partial charge in [-0.05, 0) is 36.4 Å². The number of methoxy groups -OCH3 is 1. The van der Waals surface area contributed by atoms with Crippen molar-refractivity contribution in [2.75, 3.05) is 11.4 Å². The Morgan fingerprint density at radius 2 is 1.85 bits per heavy atom. The van der Waals surface area contributed by atoms with Crippen molar-refractivity contribution in [3.05, 3.63) is 48.0 Å². The molecule has 0 fully saturated rings. The fourth-order valence-corrected chi connectivity index (χ4v) is 3.40. The third kappa shape index (κ3) is 1.77. The molecule has 1 heterocycles. The number of rotatable bonds is 2. The Labute approximate surface area is 118 Å². The van der Waals surface area contributed by atoms with Crippen LogP contribution in [0.25, 0.3) is 0 Å². The Kier molecular flexibility index (Phi) is 2.94. The predicted octanol–water partition coefficient (Wildman–Crippen LogP) is 2.08. The van der Waals surface area contributed by atoms with Crippen molar-refractivity contribution in [2.24, 2.45) is 0 Å². The largest absolute Gasteiger partial charge is 0.507 e. The van der Waals surface area contributed by atoms with E-state index in [1.807, 2.05) is 0 Å². The Morgan fingerprint density at radius 3 is 2.45 bits per heavy atom. The molecule has 1 aliphatic heterocycles. The van der Waals surface area contributed by atoms with E-state index in [0.29, 0.717) is 16.3 Å². The van der Waals surface area contributed by atoms with Gasteiger partial charge in [0.2, 0.25) is 0 Å². The Balaban J connectivity index is 2.07. The van der Waals surface area contributed by atoms with Crippen LogP contribution in [0, 0.1) is 0 Å². The standard InChI is InChI=1S/C14H11NO4S/c1-19-10-7-5-9(6-8-10)15-14(17)13-11(16)3-2-4-12(13)20(15)18/h2-8,16H,1H3. The first-order chi connectivity index (χ1) is 9.63. The molecule has 5 nitrogen and oxygen atoms in total. The van der Waals surface area contributed by atoms with Gasteiger partial charge in [0.05, 0.1) is 17.7 Å². The third-order valence-electron chi connectivity index (χ3n) is 3.06. The number of hydrogen-bond donors (Lipinski definition) is 1. The number of phenols is 1. The summed E-state index contributed by atoms with van der Waals surface area (Å²) in [6, 6.07) is 11.2. The highest BCUT2D eigenvalue weighted by Gasteiger charge is 2.37.